The van der Waals surface area contributed by atoms with Gasteiger partial charge in [0.05, 0.1) is 5.56 Å². The number of benzene rings is 1. The molecule has 0 saturated carbocycles. The van der Waals surface area contributed by atoms with Gasteiger partial charge in [-0.05, 0) is 19.4 Å². The Morgan fingerprint density at radius 1 is 1.25 bits per heavy atom. The lowest BCUT2D eigenvalue weighted by atomic mass is 10.1. The fourth-order valence-corrected chi connectivity index (χ4v) is 3.35. The van der Waals surface area contributed by atoms with Gasteiger partial charge < -0.3 is 4.98 Å². The number of aromatic nitrogens is 3. The number of aryl methyl sites for hydroxylation is 2. The first-order valence-electron chi connectivity index (χ1n) is 7.85. The van der Waals surface area contributed by atoms with E-state index in [9.17, 15) is 9.59 Å². The molecule has 0 unspecified atom stereocenters. The Morgan fingerprint density at radius 3 is 2.83 bits per heavy atom. The number of hydrogen-bond donors (Lipinski definition) is 2. The highest BCUT2D eigenvalue weighted by Crippen LogP contribution is 2.23. The van der Waals surface area contributed by atoms with E-state index in [1.807, 2.05) is 24.3 Å². The minimum atomic E-state index is -0.693. The Labute approximate surface area is 143 Å². The van der Waals surface area contributed by atoms with Crippen molar-refractivity contribution in [1.29, 1.82) is 0 Å². The number of carbonyl (C=O) groups is 2. The van der Waals surface area contributed by atoms with Crippen LogP contribution in [0.1, 0.15) is 40.8 Å². The van der Waals surface area contributed by atoms with E-state index >= 15 is 0 Å². The molecule has 24 heavy (non-hydrogen) atoms. The average molecular weight is 342 g/mol. The van der Waals surface area contributed by atoms with Crippen LogP contribution in [0.15, 0.2) is 24.3 Å². The third kappa shape index (κ3) is 3.21. The molecule has 2 N–H and O–H groups in total. The Kier molecular flexibility index (Phi) is 4.71. The summed E-state index contributed by atoms with van der Waals surface area (Å²) in [6, 6.07) is 7.43. The van der Waals surface area contributed by atoms with Crippen LogP contribution < -0.4 is 5.32 Å². The van der Waals surface area contributed by atoms with Gasteiger partial charge in [0.2, 0.25) is 5.13 Å². The van der Waals surface area contributed by atoms with E-state index in [0.717, 1.165) is 35.2 Å². The maximum absolute atomic E-state index is 12.5. The van der Waals surface area contributed by atoms with E-state index in [1.165, 1.54) is 11.3 Å². The normalized spacial score (nSPS) is 10.9. The first-order valence-corrected chi connectivity index (χ1v) is 8.67. The number of hydrogen-bond acceptors (Lipinski definition) is 5. The number of aromatic amines is 1. The Bertz CT molecular complexity index is 897. The van der Waals surface area contributed by atoms with Crippen molar-refractivity contribution in [2.75, 3.05) is 5.32 Å². The van der Waals surface area contributed by atoms with Crippen molar-refractivity contribution in [3.05, 3.63) is 40.5 Å². The summed E-state index contributed by atoms with van der Waals surface area (Å²) in [4.78, 5) is 28.0. The summed E-state index contributed by atoms with van der Waals surface area (Å²) in [5, 5.41) is 12.5. The molecule has 0 saturated heterocycles. The van der Waals surface area contributed by atoms with Gasteiger partial charge in [0.15, 0.2) is 0 Å². The zero-order chi connectivity index (χ0) is 17.1. The molecule has 0 fully saturated rings. The number of anilines is 1. The molecule has 7 heteroatoms. The molecule has 2 heterocycles. The van der Waals surface area contributed by atoms with E-state index in [2.05, 4.69) is 27.4 Å². The number of rotatable bonds is 6. The van der Waals surface area contributed by atoms with Gasteiger partial charge in [-0.15, -0.1) is 10.2 Å². The van der Waals surface area contributed by atoms with Crippen molar-refractivity contribution in [2.45, 2.75) is 33.1 Å². The summed E-state index contributed by atoms with van der Waals surface area (Å²) >= 11 is 1.31. The molecular weight excluding hydrogens is 324 g/mol. The highest BCUT2D eigenvalue weighted by atomic mass is 32.1. The second-order valence-electron chi connectivity index (χ2n) is 5.56. The number of nitrogens with one attached hydrogen (secondary N) is 2. The summed E-state index contributed by atoms with van der Waals surface area (Å²) in [5.41, 5.74) is 1.92. The van der Waals surface area contributed by atoms with Crippen LogP contribution >= 0.6 is 11.3 Å². The molecule has 0 radical (unpaired) electrons. The molecular formula is C17H18N4O2S. The van der Waals surface area contributed by atoms with Gasteiger partial charge in [0, 0.05) is 23.0 Å². The topological polar surface area (TPSA) is 87.7 Å². The molecule has 1 aromatic carbocycles. The number of Topliss-reactive ketones (excluding diaryl/α,β-unsaturated/α-hetero) is 1. The van der Waals surface area contributed by atoms with Crippen LogP contribution in [0.25, 0.3) is 10.9 Å². The fourth-order valence-electron chi connectivity index (χ4n) is 2.57. The molecule has 2 aromatic heterocycles. The second kappa shape index (κ2) is 6.92. The lowest BCUT2D eigenvalue weighted by molar-refractivity contribution is -0.112. The summed E-state index contributed by atoms with van der Waals surface area (Å²) in [5.74, 6) is -1.27. The molecule has 0 aliphatic rings. The molecule has 0 atom stereocenters. The Morgan fingerprint density at radius 2 is 2.04 bits per heavy atom. The van der Waals surface area contributed by atoms with E-state index in [1.54, 1.807) is 6.92 Å². The molecule has 3 aromatic rings. The minimum Gasteiger partial charge on any atom is -0.358 e. The lowest BCUT2D eigenvalue weighted by Crippen LogP contribution is -2.23. The Hall–Kier alpha value is -2.54. The smallest absolute Gasteiger partial charge is 0.298 e. The van der Waals surface area contributed by atoms with Gasteiger partial charge in [-0.1, -0.05) is 42.9 Å². The number of amides is 1. The van der Waals surface area contributed by atoms with Crippen LogP contribution in [0.3, 0.4) is 0 Å². The number of fused-ring (bicyclic) bond motifs is 1. The number of carbonyl (C=O) groups excluding carboxylic acids is 2. The van der Waals surface area contributed by atoms with Crippen LogP contribution in [0.4, 0.5) is 5.13 Å². The van der Waals surface area contributed by atoms with Gasteiger partial charge >= 0.3 is 0 Å². The van der Waals surface area contributed by atoms with Crippen molar-refractivity contribution >= 4 is 39.1 Å². The van der Waals surface area contributed by atoms with Crippen LogP contribution in [0.2, 0.25) is 0 Å². The number of ketones is 1. The fraction of sp³-hybridized carbons (Fsp3) is 0.294. The monoisotopic (exact) mass is 342 g/mol. The van der Waals surface area contributed by atoms with Gasteiger partial charge in [-0.2, -0.15) is 0 Å². The first kappa shape index (κ1) is 16.3. The average Bonchev–Trinajstić information content (AvgIpc) is 3.15. The van der Waals surface area contributed by atoms with Crippen LogP contribution in [-0.2, 0) is 11.2 Å². The molecule has 1 amide bonds. The van der Waals surface area contributed by atoms with E-state index in [4.69, 9.17) is 0 Å². The molecule has 3 rings (SSSR count). The van der Waals surface area contributed by atoms with Crippen molar-refractivity contribution in [1.82, 2.24) is 15.2 Å². The van der Waals surface area contributed by atoms with E-state index in [0.29, 0.717) is 16.4 Å². The van der Waals surface area contributed by atoms with Crippen molar-refractivity contribution in [3.63, 3.8) is 0 Å². The zero-order valence-corrected chi connectivity index (χ0v) is 14.4. The predicted octanol–water partition coefficient (Wildman–Crippen LogP) is 3.49. The van der Waals surface area contributed by atoms with Crippen LogP contribution in [0.5, 0.6) is 0 Å². The lowest BCUT2D eigenvalue weighted by Gasteiger charge is -2.01. The summed E-state index contributed by atoms with van der Waals surface area (Å²) in [6.45, 7) is 3.89. The van der Waals surface area contributed by atoms with Crippen molar-refractivity contribution in [3.8, 4) is 0 Å². The third-order valence-corrected chi connectivity index (χ3v) is 4.66. The Balaban J connectivity index is 1.78. The van der Waals surface area contributed by atoms with E-state index in [-0.39, 0.29) is 0 Å². The minimum absolute atomic E-state index is 0.358. The van der Waals surface area contributed by atoms with E-state index < -0.39 is 11.7 Å². The summed E-state index contributed by atoms with van der Waals surface area (Å²) < 4.78 is 0. The number of unbranched alkanes of at least 4 members (excludes halogenated alkanes) is 1. The highest BCUT2D eigenvalue weighted by molar-refractivity contribution is 7.15. The molecule has 0 bridgehead atoms. The maximum Gasteiger partial charge on any atom is 0.298 e. The molecule has 0 aliphatic carbocycles. The number of para-hydroxylation sites is 1. The third-order valence-electron chi connectivity index (χ3n) is 3.76. The predicted molar refractivity (Wildman–Crippen MR) is 94.5 cm³/mol. The SMILES string of the molecule is CCCCc1nnc(NC(=O)C(=O)c2c(C)[nH]c3ccccc23)s1. The van der Waals surface area contributed by atoms with Gasteiger partial charge in [-0.3, -0.25) is 14.9 Å². The maximum atomic E-state index is 12.5. The number of H-pyrrole nitrogens is 1. The van der Waals surface area contributed by atoms with Gasteiger partial charge in [0.1, 0.15) is 5.01 Å². The zero-order valence-electron chi connectivity index (χ0n) is 13.5. The van der Waals surface area contributed by atoms with Crippen LogP contribution in [0, 0.1) is 6.92 Å². The van der Waals surface area contributed by atoms with Crippen molar-refractivity contribution < 1.29 is 9.59 Å². The summed E-state index contributed by atoms with van der Waals surface area (Å²) in [6.07, 6.45) is 2.93. The summed E-state index contributed by atoms with van der Waals surface area (Å²) in [7, 11) is 0. The standard InChI is InChI=1S/C17H18N4O2S/c1-3-4-9-13-20-21-17(24-13)19-16(23)15(22)14-10(2)18-12-8-6-5-7-11(12)14/h5-8,18H,3-4,9H2,1-2H3,(H,19,21,23). The van der Waals surface area contributed by atoms with Gasteiger partial charge in [0.25, 0.3) is 11.7 Å². The highest BCUT2D eigenvalue weighted by Gasteiger charge is 2.23. The second-order valence-corrected chi connectivity index (χ2v) is 6.62. The van der Waals surface area contributed by atoms with Crippen molar-refractivity contribution in [2.24, 2.45) is 0 Å². The molecule has 0 spiro atoms. The largest absolute Gasteiger partial charge is 0.358 e. The van der Waals surface area contributed by atoms with Crippen LogP contribution in [-0.4, -0.2) is 26.9 Å². The molecule has 6 nitrogen and oxygen atoms in total. The number of nitrogens with zero attached hydrogens (tertiary/aromatic N) is 2. The first-order chi connectivity index (χ1) is 11.6. The molecule has 0 aliphatic heterocycles. The van der Waals surface area contributed by atoms with Gasteiger partial charge in [-0.25, -0.2) is 0 Å². The quantitative estimate of drug-likeness (QED) is 0.530. The molecule has 124 valence electrons.